The SMILES string of the molecule is CCN(C)c1c2c(nc3cccc(N)c13)-c1cc3c(c(=O)n1C2)COC(=O)[C@]3(O)CC. The van der Waals surface area contributed by atoms with Crippen molar-refractivity contribution in [3.8, 4) is 11.4 Å². The molecule has 0 unspecified atom stereocenters. The molecular weight excluding hydrogens is 396 g/mol. The third kappa shape index (κ3) is 2.48. The third-order valence-electron chi connectivity index (χ3n) is 6.57. The van der Waals surface area contributed by atoms with E-state index in [4.69, 9.17) is 15.5 Å². The Balaban J connectivity index is 1.86. The van der Waals surface area contributed by atoms with Gasteiger partial charge in [-0.2, -0.15) is 0 Å². The molecule has 2 aliphatic rings. The summed E-state index contributed by atoms with van der Waals surface area (Å²) in [7, 11) is 1.99. The molecule has 0 amide bonds. The van der Waals surface area contributed by atoms with Crippen molar-refractivity contribution in [2.24, 2.45) is 0 Å². The van der Waals surface area contributed by atoms with E-state index in [9.17, 15) is 14.7 Å². The van der Waals surface area contributed by atoms with Crippen LogP contribution < -0.4 is 16.2 Å². The summed E-state index contributed by atoms with van der Waals surface area (Å²) in [5, 5.41) is 11.9. The smallest absolute Gasteiger partial charge is 0.343 e. The molecule has 31 heavy (non-hydrogen) atoms. The number of hydrogen-bond donors (Lipinski definition) is 2. The van der Waals surface area contributed by atoms with Gasteiger partial charge in [0.1, 0.15) is 6.61 Å². The van der Waals surface area contributed by atoms with Crippen molar-refractivity contribution in [3.05, 3.63) is 51.3 Å². The molecule has 4 heterocycles. The zero-order chi connectivity index (χ0) is 22.1. The molecule has 2 aromatic heterocycles. The zero-order valence-corrected chi connectivity index (χ0v) is 17.7. The number of nitrogen functional groups attached to an aromatic ring is 1. The van der Waals surface area contributed by atoms with E-state index in [1.54, 1.807) is 17.6 Å². The fourth-order valence-corrected chi connectivity index (χ4v) is 4.71. The molecule has 0 bridgehead atoms. The molecule has 5 rings (SSSR count). The lowest BCUT2D eigenvalue weighted by Crippen LogP contribution is -2.44. The van der Waals surface area contributed by atoms with E-state index in [0.29, 0.717) is 34.7 Å². The summed E-state index contributed by atoms with van der Waals surface area (Å²) < 4.78 is 6.79. The molecule has 3 N–H and O–H groups in total. The minimum atomic E-state index is -1.84. The van der Waals surface area contributed by atoms with E-state index in [0.717, 1.165) is 28.7 Å². The Morgan fingerprint density at radius 1 is 1.29 bits per heavy atom. The van der Waals surface area contributed by atoms with Gasteiger partial charge in [0, 0.05) is 35.8 Å². The van der Waals surface area contributed by atoms with E-state index in [-0.39, 0.29) is 18.6 Å². The maximum atomic E-state index is 13.4. The Hall–Kier alpha value is -3.39. The van der Waals surface area contributed by atoms with Crippen LogP contribution in [0.2, 0.25) is 0 Å². The third-order valence-corrected chi connectivity index (χ3v) is 6.57. The summed E-state index contributed by atoms with van der Waals surface area (Å²) in [5.74, 6) is -0.726. The number of ether oxygens (including phenoxy) is 1. The summed E-state index contributed by atoms with van der Waals surface area (Å²) in [6.45, 7) is 4.69. The maximum Gasteiger partial charge on any atom is 0.343 e. The predicted octanol–water partition coefficient (Wildman–Crippen LogP) is 2.12. The monoisotopic (exact) mass is 420 g/mol. The first kappa shape index (κ1) is 19.6. The second-order valence-electron chi connectivity index (χ2n) is 8.15. The Bertz CT molecular complexity index is 1330. The van der Waals surface area contributed by atoms with E-state index < -0.39 is 11.6 Å². The molecule has 2 aliphatic heterocycles. The minimum absolute atomic E-state index is 0.111. The quantitative estimate of drug-likeness (QED) is 0.386. The van der Waals surface area contributed by atoms with Gasteiger partial charge in [-0.05, 0) is 31.5 Å². The molecule has 8 nitrogen and oxygen atoms in total. The van der Waals surface area contributed by atoms with Crippen molar-refractivity contribution in [2.75, 3.05) is 24.2 Å². The van der Waals surface area contributed by atoms with Crippen molar-refractivity contribution >= 4 is 28.2 Å². The van der Waals surface area contributed by atoms with E-state index >= 15 is 0 Å². The van der Waals surface area contributed by atoms with Crippen molar-refractivity contribution in [3.63, 3.8) is 0 Å². The highest BCUT2D eigenvalue weighted by atomic mass is 16.6. The summed E-state index contributed by atoms with van der Waals surface area (Å²) in [5.41, 5.74) is 9.32. The van der Waals surface area contributed by atoms with Gasteiger partial charge in [-0.3, -0.25) is 4.79 Å². The number of aromatic nitrogens is 2. The van der Waals surface area contributed by atoms with Crippen molar-refractivity contribution < 1.29 is 14.6 Å². The molecule has 0 spiro atoms. The van der Waals surface area contributed by atoms with Crippen LogP contribution in [0.4, 0.5) is 11.4 Å². The van der Waals surface area contributed by atoms with Crippen LogP contribution in [0.15, 0.2) is 29.1 Å². The molecule has 0 aliphatic carbocycles. The number of nitrogens with zero attached hydrogens (tertiary/aromatic N) is 3. The molecule has 1 aromatic carbocycles. The number of aliphatic hydroxyl groups is 1. The molecule has 0 radical (unpaired) electrons. The van der Waals surface area contributed by atoms with Gasteiger partial charge in [-0.25, -0.2) is 9.78 Å². The van der Waals surface area contributed by atoms with Gasteiger partial charge in [0.15, 0.2) is 5.60 Å². The highest BCUT2D eigenvalue weighted by Gasteiger charge is 2.45. The minimum Gasteiger partial charge on any atom is -0.458 e. The molecule has 0 saturated carbocycles. The number of fused-ring (bicyclic) bond motifs is 5. The average molecular weight is 420 g/mol. The number of carbonyl (C=O) groups excluding carboxylic acids is 1. The summed E-state index contributed by atoms with van der Waals surface area (Å²) in [6.07, 6.45) is 0.111. The molecule has 3 aromatic rings. The van der Waals surface area contributed by atoms with Gasteiger partial charge in [-0.1, -0.05) is 13.0 Å². The fraction of sp³-hybridized carbons (Fsp3) is 0.348. The van der Waals surface area contributed by atoms with Gasteiger partial charge in [0.2, 0.25) is 0 Å². The van der Waals surface area contributed by atoms with Crippen LogP contribution >= 0.6 is 0 Å². The first-order valence-electron chi connectivity index (χ1n) is 10.4. The Labute approximate surface area is 178 Å². The number of esters is 1. The van der Waals surface area contributed by atoms with Crippen LogP contribution in [0.25, 0.3) is 22.3 Å². The van der Waals surface area contributed by atoms with Gasteiger partial charge in [-0.15, -0.1) is 0 Å². The van der Waals surface area contributed by atoms with E-state index in [1.165, 1.54) is 0 Å². The maximum absolute atomic E-state index is 13.4. The normalized spacial score (nSPS) is 19.0. The van der Waals surface area contributed by atoms with Crippen LogP contribution in [0.3, 0.4) is 0 Å². The second-order valence-corrected chi connectivity index (χ2v) is 8.15. The zero-order valence-electron chi connectivity index (χ0n) is 17.7. The standard InChI is InChI=1S/C23H24N4O4/c1-4-23(30)14-9-17-19-12(10-27(17)21(28)13(14)11-31-22(23)29)20(26(3)5-2)18-15(24)7-6-8-16(18)25-19/h6-9,30H,4-5,10-11,24H2,1-3H3/t23-/m0/s1. The number of rotatable bonds is 3. The largest absolute Gasteiger partial charge is 0.458 e. The number of benzene rings is 1. The highest BCUT2D eigenvalue weighted by Crippen LogP contribution is 2.44. The molecule has 160 valence electrons. The fourth-order valence-electron chi connectivity index (χ4n) is 4.71. The predicted molar refractivity (Wildman–Crippen MR) is 118 cm³/mol. The van der Waals surface area contributed by atoms with E-state index in [1.807, 2.05) is 25.2 Å². The van der Waals surface area contributed by atoms with Gasteiger partial charge >= 0.3 is 5.97 Å². The average Bonchev–Trinajstić information content (AvgIpc) is 3.13. The lowest BCUT2D eigenvalue weighted by atomic mass is 9.86. The Morgan fingerprint density at radius 3 is 2.77 bits per heavy atom. The first-order valence-corrected chi connectivity index (χ1v) is 10.4. The Morgan fingerprint density at radius 2 is 2.06 bits per heavy atom. The van der Waals surface area contributed by atoms with Crippen molar-refractivity contribution in [2.45, 2.75) is 39.0 Å². The first-order chi connectivity index (χ1) is 14.8. The van der Waals surface area contributed by atoms with Crippen molar-refractivity contribution in [1.82, 2.24) is 9.55 Å². The lowest BCUT2D eigenvalue weighted by Gasteiger charge is -2.31. The van der Waals surface area contributed by atoms with Crippen LogP contribution in [-0.2, 0) is 28.3 Å². The molecule has 8 heteroatoms. The highest BCUT2D eigenvalue weighted by molar-refractivity contribution is 6.04. The number of hydrogen-bond acceptors (Lipinski definition) is 7. The second kappa shape index (κ2) is 6.55. The number of nitrogens with two attached hydrogens (primary N) is 1. The van der Waals surface area contributed by atoms with Gasteiger partial charge < -0.3 is 25.0 Å². The lowest BCUT2D eigenvalue weighted by molar-refractivity contribution is -0.172. The van der Waals surface area contributed by atoms with Crippen LogP contribution in [-0.4, -0.2) is 34.2 Å². The Kier molecular flexibility index (Phi) is 4.14. The van der Waals surface area contributed by atoms with Crippen LogP contribution in [0, 0.1) is 0 Å². The molecular formula is C23H24N4O4. The van der Waals surface area contributed by atoms with Gasteiger partial charge in [0.25, 0.3) is 5.56 Å². The molecule has 0 fully saturated rings. The van der Waals surface area contributed by atoms with Gasteiger partial charge in [0.05, 0.1) is 34.7 Å². The number of cyclic esters (lactones) is 1. The van der Waals surface area contributed by atoms with Crippen LogP contribution in [0.5, 0.6) is 0 Å². The molecule has 0 saturated heterocycles. The summed E-state index contributed by atoms with van der Waals surface area (Å²) in [4.78, 5) is 32.7. The topological polar surface area (TPSA) is 111 Å². The van der Waals surface area contributed by atoms with Crippen LogP contribution in [0.1, 0.15) is 37.0 Å². The summed E-state index contributed by atoms with van der Waals surface area (Å²) in [6, 6.07) is 7.33. The number of pyridine rings is 2. The summed E-state index contributed by atoms with van der Waals surface area (Å²) >= 11 is 0. The van der Waals surface area contributed by atoms with Crippen molar-refractivity contribution in [1.29, 1.82) is 0 Å². The number of anilines is 2. The number of carbonyl (C=O) groups is 1. The molecule has 1 atom stereocenters. The van der Waals surface area contributed by atoms with E-state index in [2.05, 4.69) is 11.8 Å².